The maximum atomic E-state index is 13.7. The number of carbonyl (C=O) groups is 1. The van der Waals surface area contributed by atoms with Crippen molar-refractivity contribution in [2.45, 2.75) is 19.6 Å². The zero-order valence-electron chi connectivity index (χ0n) is 14.5. The number of carbonyl (C=O) groups excluding carboxylic acids is 1. The second-order valence-corrected chi connectivity index (χ2v) is 6.43. The highest BCUT2D eigenvalue weighted by atomic mass is 19.1. The smallest absolute Gasteiger partial charge is 0.263 e. The van der Waals surface area contributed by atoms with Crippen LogP contribution in [0.5, 0.6) is 5.75 Å². The van der Waals surface area contributed by atoms with Crippen LogP contribution in [0.4, 0.5) is 4.39 Å². The first-order valence-corrected chi connectivity index (χ1v) is 8.71. The van der Waals surface area contributed by atoms with Crippen molar-refractivity contribution in [2.75, 3.05) is 26.2 Å². The fourth-order valence-corrected chi connectivity index (χ4v) is 3.14. The largest absolute Gasteiger partial charge is 0.478 e. The van der Waals surface area contributed by atoms with Crippen LogP contribution in [0, 0.1) is 5.82 Å². The van der Waals surface area contributed by atoms with Crippen molar-refractivity contribution in [2.24, 2.45) is 0 Å². The van der Waals surface area contributed by atoms with E-state index in [0.717, 1.165) is 19.6 Å². The Bertz CT molecular complexity index is 700. The molecule has 1 fully saturated rings. The zero-order chi connectivity index (χ0) is 17.6. The van der Waals surface area contributed by atoms with Crippen LogP contribution in [0.25, 0.3) is 0 Å². The number of nitrogens with one attached hydrogen (secondary N) is 1. The first-order valence-electron chi connectivity index (χ1n) is 8.71. The lowest BCUT2D eigenvalue weighted by Crippen LogP contribution is -3.13. The summed E-state index contributed by atoms with van der Waals surface area (Å²) in [7, 11) is 0. The maximum absolute atomic E-state index is 13.7. The second kappa shape index (κ2) is 8.12. The molecule has 0 unspecified atom stereocenters. The Hall–Kier alpha value is -2.40. The number of amides is 1. The monoisotopic (exact) mass is 343 g/mol. The Morgan fingerprint density at radius 1 is 1.12 bits per heavy atom. The normalized spacial score (nSPS) is 16.5. The molecule has 1 N–H and O–H groups in total. The number of hydrogen-bond donors (Lipinski definition) is 1. The standard InChI is InChI=1S/C20H23FN2O2/c1-16(25-19-10-6-5-9-18(19)21)20(24)23-13-11-22(12-14-23)15-17-7-3-2-4-8-17/h2-10,16H,11-15H2,1H3/p+1/t16-/m0/s1. The van der Waals surface area contributed by atoms with Crippen LogP contribution in [0.15, 0.2) is 54.6 Å². The van der Waals surface area contributed by atoms with Crippen LogP contribution in [-0.4, -0.2) is 43.1 Å². The number of halogens is 1. The van der Waals surface area contributed by atoms with Gasteiger partial charge in [0.2, 0.25) is 0 Å². The topological polar surface area (TPSA) is 34.0 Å². The molecule has 0 aromatic heterocycles. The highest BCUT2D eigenvalue weighted by Gasteiger charge is 2.28. The molecule has 1 aliphatic rings. The molecule has 3 rings (SSSR count). The van der Waals surface area contributed by atoms with Crippen molar-refractivity contribution in [1.29, 1.82) is 0 Å². The minimum Gasteiger partial charge on any atom is -0.478 e. The Balaban J connectivity index is 1.50. The van der Waals surface area contributed by atoms with E-state index < -0.39 is 11.9 Å². The average Bonchev–Trinajstić information content (AvgIpc) is 2.64. The van der Waals surface area contributed by atoms with Crippen molar-refractivity contribution < 1.29 is 18.8 Å². The van der Waals surface area contributed by atoms with E-state index in [2.05, 4.69) is 24.3 Å². The molecule has 0 spiro atoms. The van der Waals surface area contributed by atoms with Crippen LogP contribution >= 0.6 is 0 Å². The van der Waals surface area contributed by atoms with Gasteiger partial charge in [0, 0.05) is 5.56 Å². The molecule has 1 atom stereocenters. The number of ether oxygens (including phenoxy) is 1. The molecule has 1 heterocycles. The van der Waals surface area contributed by atoms with Gasteiger partial charge in [-0.2, -0.15) is 0 Å². The van der Waals surface area contributed by atoms with Crippen molar-refractivity contribution in [1.82, 2.24) is 4.90 Å². The van der Waals surface area contributed by atoms with Gasteiger partial charge in [0.1, 0.15) is 6.54 Å². The van der Waals surface area contributed by atoms with Gasteiger partial charge < -0.3 is 14.5 Å². The Labute approximate surface area is 147 Å². The molecule has 0 aliphatic carbocycles. The molecule has 4 nitrogen and oxygen atoms in total. The van der Waals surface area contributed by atoms with Gasteiger partial charge in [-0.05, 0) is 19.1 Å². The number of hydrogen-bond acceptors (Lipinski definition) is 2. The molecule has 0 bridgehead atoms. The van der Waals surface area contributed by atoms with E-state index in [1.165, 1.54) is 16.5 Å². The predicted molar refractivity (Wildman–Crippen MR) is 93.9 cm³/mol. The number of nitrogens with zero attached hydrogens (tertiary/aromatic N) is 1. The molecule has 0 saturated carbocycles. The number of benzene rings is 2. The highest BCUT2D eigenvalue weighted by Crippen LogP contribution is 2.17. The maximum Gasteiger partial charge on any atom is 0.263 e. The summed E-state index contributed by atoms with van der Waals surface area (Å²) in [5, 5.41) is 0. The lowest BCUT2D eigenvalue weighted by molar-refractivity contribution is -0.917. The molecule has 2 aromatic rings. The van der Waals surface area contributed by atoms with Gasteiger partial charge >= 0.3 is 0 Å². The molecule has 132 valence electrons. The summed E-state index contributed by atoms with van der Waals surface area (Å²) in [6.45, 7) is 5.88. The summed E-state index contributed by atoms with van der Waals surface area (Å²) >= 11 is 0. The van der Waals surface area contributed by atoms with E-state index >= 15 is 0 Å². The van der Waals surface area contributed by atoms with Crippen LogP contribution in [-0.2, 0) is 11.3 Å². The van der Waals surface area contributed by atoms with Gasteiger partial charge in [0.15, 0.2) is 17.7 Å². The van der Waals surface area contributed by atoms with E-state index in [9.17, 15) is 9.18 Å². The van der Waals surface area contributed by atoms with Crippen LogP contribution in [0.2, 0.25) is 0 Å². The van der Waals surface area contributed by atoms with Gasteiger partial charge in [-0.15, -0.1) is 0 Å². The van der Waals surface area contributed by atoms with Crippen molar-refractivity contribution in [3.8, 4) is 5.75 Å². The van der Waals surface area contributed by atoms with E-state index in [0.29, 0.717) is 13.1 Å². The molecular weight excluding hydrogens is 319 g/mol. The van der Waals surface area contributed by atoms with Crippen molar-refractivity contribution in [3.05, 3.63) is 66.0 Å². The fourth-order valence-electron chi connectivity index (χ4n) is 3.14. The third kappa shape index (κ3) is 4.57. The number of piperazine rings is 1. The third-order valence-electron chi connectivity index (χ3n) is 4.57. The van der Waals surface area contributed by atoms with Gasteiger partial charge in [-0.1, -0.05) is 42.5 Å². The molecular formula is C20H24FN2O2+. The molecule has 5 heteroatoms. The summed E-state index contributed by atoms with van der Waals surface area (Å²) in [5.74, 6) is -0.405. The minimum absolute atomic E-state index is 0.0815. The number of para-hydroxylation sites is 1. The molecule has 1 amide bonds. The highest BCUT2D eigenvalue weighted by molar-refractivity contribution is 5.81. The lowest BCUT2D eigenvalue weighted by atomic mass is 10.2. The average molecular weight is 343 g/mol. The van der Waals surface area contributed by atoms with Crippen LogP contribution in [0.3, 0.4) is 0 Å². The van der Waals surface area contributed by atoms with Crippen LogP contribution < -0.4 is 9.64 Å². The van der Waals surface area contributed by atoms with E-state index in [1.54, 1.807) is 25.1 Å². The second-order valence-electron chi connectivity index (χ2n) is 6.43. The van der Waals surface area contributed by atoms with E-state index in [4.69, 9.17) is 4.74 Å². The fraction of sp³-hybridized carbons (Fsp3) is 0.350. The summed E-state index contributed by atoms with van der Waals surface area (Å²) in [5.41, 5.74) is 1.31. The molecule has 2 aromatic carbocycles. The summed E-state index contributed by atoms with van der Waals surface area (Å²) in [6, 6.07) is 16.6. The number of quaternary nitrogens is 1. The first-order chi connectivity index (χ1) is 12.1. The zero-order valence-corrected chi connectivity index (χ0v) is 14.5. The van der Waals surface area contributed by atoms with E-state index in [1.807, 2.05) is 11.0 Å². The number of rotatable bonds is 5. The first kappa shape index (κ1) is 17.4. The lowest BCUT2D eigenvalue weighted by Gasteiger charge is -2.33. The summed E-state index contributed by atoms with van der Waals surface area (Å²) in [6.07, 6.45) is -0.687. The Morgan fingerprint density at radius 3 is 2.44 bits per heavy atom. The van der Waals surface area contributed by atoms with E-state index in [-0.39, 0.29) is 11.7 Å². The molecule has 0 radical (unpaired) electrons. The van der Waals surface area contributed by atoms with Crippen LogP contribution in [0.1, 0.15) is 12.5 Å². The molecule has 25 heavy (non-hydrogen) atoms. The van der Waals surface area contributed by atoms with Gasteiger partial charge in [-0.25, -0.2) is 4.39 Å². The van der Waals surface area contributed by atoms with Gasteiger partial charge in [0.05, 0.1) is 26.2 Å². The van der Waals surface area contributed by atoms with Gasteiger partial charge in [-0.3, -0.25) is 4.79 Å². The predicted octanol–water partition coefficient (Wildman–Crippen LogP) is 1.52. The summed E-state index contributed by atoms with van der Waals surface area (Å²) < 4.78 is 19.2. The molecule has 1 aliphatic heterocycles. The van der Waals surface area contributed by atoms with Crippen molar-refractivity contribution >= 4 is 5.91 Å². The van der Waals surface area contributed by atoms with Crippen molar-refractivity contribution in [3.63, 3.8) is 0 Å². The third-order valence-corrected chi connectivity index (χ3v) is 4.57. The molecule has 1 saturated heterocycles. The minimum atomic E-state index is -0.687. The SMILES string of the molecule is C[C@H](Oc1ccccc1F)C(=O)N1CC[NH+](Cc2ccccc2)CC1. The summed E-state index contributed by atoms with van der Waals surface area (Å²) in [4.78, 5) is 15.8. The van der Waals surface area contributed by atoms with Gasteiger partial charge in [0.25, 0.3) is 5.91 Å². The quantitative estimate of drug-likeness (QED) is 0.893. The Kier molecular flexibility index (Phi) is 5.66. The Morgan fingerprint density at radius 2 is 1.76 bits per heavy atom.